The lowest BCUT2D eigenvalue weighted by molar-refractivity contribution is -0.385. The molecule has 7 heteroatoms. The van der Waals surface area contributed by atoms with Crippen LogP contribution in [0, 0.1) is 10.1 Å². The number of H-pyrrole nitrogens is 1. The number of rotatable bonds is 6. The minimum absolute atomic E-state index is 0.0789. The summed E-state index contributed by atoms with van der Waals surface area (Å²) in [5, 5.41) is 14.8. The molecule has 1 aromatic carbocycles. The van der Waals surface area contributed by atoms with Crippen molar-refractivity contribution in [3.8, 4) is 0 Å². The molecule has 2 N–H and O–H groups in total. The van der Waals surface area contributed by atoms with Crippen molar-refractivity contribution < 1.29 is 4.92 Å². The number of aromatic nitrogens is 2. The Morgan fingerprint density at radius 3 is 2.95 bits per heavy atom. The van der Waals surface area contributed by atoms with Gasteiger partial charge in [-0.2, -0.15) is 0 Å². The number of aromatic amines is 1. The molecular formula is C12H14N4O2S. The van der Waals surface area contributed by atoms with Crippen LogP contribution < -0.4 is 5.32 Å². The highest BCUT2D eigenvalue weighted by Gasteiger charge is 2.11. The Balaban J connectivity index is 2.25. The zero-order valence-electron chi connectivity index (χ0n) is 10.4. The van der Waals surface area contributed by atoms with Gasteiger partial charge < -0.3 is 10.3 Å². The molecule has 19 heavy (non-hydrogen) atoms. The molecule has 0 radical (unpaired) electrons. The molecule has 0 aliphatic heterocycles. The molecule has 2 rings (SSSR count). The Kier molecular flexibility index (Phi) is 4.40. The van der Waals surface area contributed by atoms with Crippen molar-refractivity contribution in [2.75, 3.05) is 11.9 Å². The Bertz CT molecular complexity index is 557. The van der Waals surface area contributed by atoms with Crippen LogP contribution in [0.5, 0.6) is 0 Å². The molecule has 0 saturated carbocycles. The third kappa shape index (κ3) is 3.72. The fourth-order valence-electron chi connectivity index (χ4n) is 1.54. The molecule has 0 atom stereocenters. The van der Waals surface area contributed by atoms with E-state index in [9.17, 15) is 10.1 Å². The fourth-order valence-corrected chi connectivity index (χ4v) is 2.37. The van der Waals surface area contributed by atoms with Gasteiger partial charge in [-0.05, 0) is 12.5 Å². The van der Waals surface area contributed by atoms with Gasteiger partial charge in [0.05, 0.1) is 4.92 Å². The molecule has 0 bridgehead atoms. The van der Waals surface area contributed by atoms with E-state index in [2.05, 4.69) is 15.3 Å². The molecule has 0 aliphatic rings. The molecule has 0 fully saturated rings. The van der Waals surface area contributed by atoms with Gasteiger partial charge >= 0.3 is 0 Å². The Hall–Kier alpha value is -2.02. The predicted molar refractivity (Wildman–Crippen MR) is 74.6 cm³/mol. The summed E-state index contributed by atoms with van der Waals surface area (Å²) in [5.74, 6) is 0. The number of hydrogen-bond donors (Lipinski definition) is 2. The van der Waals surface area contributed by atoms with E-state index in [1.54, 1.807) is 24.5 Å². The number of hydrogen-bond acceptors (Lipinski definition) is 5. The number of non-ortho nitro benzene ring substituents is 1. The third-order valence-electron chi connectivity index (χ3n) is 2.37. The predicted octanol–water partition coefficient (Wildman–Crippen LogP) is 3.29. The first-order valence-electron chi connectivity index (χ1n) is 5.89. The molecular weight excluding hydrogens is 264 g/mol. The maximum absolute atomic E-state index is 10.9. The van der Waals surface area contributed by atoms with E-state index < -0.39 is 0 Å². The van der Waals surface area contributed by atoms with Crippen LogP contribution in [0.1, 0.15) is 13.3 Å². The van der Waals surface area contributed by atoms with Crippen molar-refractivity contribution in [1.82, 2.24) is 9.97 Å². The van der Waals surface area contributed by atoms with Crippen LogP contribution in [0.15, 0.2) is 40.6 Å². The van der Waals surface area contributed by atoms with Crippen molar-refractivity contribution in [2.24, 2.45) is 0 Å². The van der Waals surface area contributed by atoms with E-state index >= 15 is 0 Å². The highest BCUT2D eigenvalue weighted by Crippen LogP contribution is 2.31. The van der Waals surface area contributed by atoms with Crippen LogP contribution in [0.4, 0.5) is 11.4 Å². The SMILES string of the molecule is CCCNc1cc(Sc2ncc[nH]2)cc([N+](=O)[O-])c1. The average molecular weight is 278 g/mol. The van der Waals surface area contributed by atoms with Crippen molar-refractivity contribution in [2.45, 2.75) is 23.4 Å². The van der Waals surface area contributed by atoms with Crippen LogP contribution >= 0.6 is 11.8 Å². The first kappa shape index (κ1) is 13.4. The van der Waals surface area contributed by atoms with Crippen molar-refractivity contribution in [1.29, 1.82) is 0 Å². The van der Waals surface area contributed by atoms with Crippen LogP contribution in [-0.2, 0) is 0 Å². The molecule has 0 amide bonds. The summed E-state index contributed by atoms with van der Waals surface area (Å²) in [7, 11) is 0. The second-order valence-electron chi connectivity index (χ2n) is 3.90. The normalized spacial score (nSPS) is 10.4. The lowest BCUT2D eigenvalue weighted by Gasteiger charge is -2.06. The van der Waals surface area contributed by atoms with Gasteiger partial charge in [-0.3, -0.25) is 10.1 Å². The molecule has 1 heterocycles. The van der Waals surface area contributed by atoms with Crippen LogP contribution in [0.3, 0.4) is 0 Å². The molecule has 100 valence electrons. The minimum Gasteiger partial charge on any atom is -0.385 e. The first-order chi connectivity index (χ1) is 9.19. The second-order valence-corrected chi connectivity index (χ2v) is 4.96. The number of anilines is 1. The summed E-state index contributed by atoms with van der Waals surface area (Å²) in [5.41, 5.74) is 0.834. The standard InChI is InChI=1S/C12H14N4O2S/c1-2-3-13-9-6-10(16(17)18)8-11(7-9)19-12-14-4-5-15-12/h4-8,13H,2-3H2,1H3,(H,14,15). The van der Waals surface area contributed by atoms with E-state index in [1.165, 1.54) is 11.8 Å². The van der Waals surface area contributed by atoms with E-state index in [-0.39, 0.29) is 10.6 Å². The maximum atomic E-state index is 10.9. The number of benzene rings is 1. The number of nitro benzene ring substituents is 1. The fraction of sp³-hybridized carbons (Fsp3) is 0.250. The summed E-state index contributed by atoms with van der Waals surface area (Å²) >= 11 is 1.36. The maximum Gasteiger partial charge on any atom is 0.272 e. The van der Waals surface area contributed by atoms with Crippen LogP contribution in [-0.4, -0.2) is 21.4 Å². The Morgan fingerprint density at radius 1 is 1.47 bits per heavy atom. The van der Waals surface area contributed by atoms with Crippen molar-refractivity contribution in [3.63, 3.8) is 0 Å². The zero-order chi connectivity index (χ0) is 13.7. The van der Waals surface area contributed by atoms with E-state index in [0.29, 0.717) is 5.16 Å². The first-order valence-corrected chi connectivity index (χ1v) is 6.71. The summed E-state index contributed by atoms with van der Waals surface area (Å²) < 4.78 is 0. The molecule has 0 saturated heterocycles. The molecule has 6 nitrogen and oxygen atoms in total. The topological polar surface area (TPSA) is 83.8 Å². The second kappa shape index (κ2) is 6.24. The van der Waals surface area contributed by atoms with E-state index in [4.69, 9.17) is 0 Å². The number of nitro groups is 1. The smallest absolute Gasteiger partial charge is 0.272 e. The van der Waals surface area contributed by atoms with Gasteiger partial charge in [0.1, 0.15) is 0 Å². The van der Waals surface area contributed by atoms with Gasteiger partial charge in [-0.25, -0.2) is 4.98 Å². The summed E-state index contributed by atoms with van der Waals surface area (Å²) in [6.45, 7) is 2.83. The molecule has 0 spiro atoms. The highest BCUT2D eigenvalue weighted by atomic mass is 32.2. The highest BCUT2D eigenvalue weighted by molar-refractivity contribution is 7.99. The molecule has 1 aromatic heterocycles. The lowest BCUT2D eigenvalue weighted by atomic mass is 10.2. The van der Waals surface area contributed by atoms with Crippen LogP contribution in [0.25, 0.3) is 0 Å². The Morgan fingerprint density at radius 2 is 2.32 bits per heavy atom. The largest absolute Gasteiger partial charge is 0.385 e. The van der Waals surface area contributed by atoms with Gasteiger partial charge in [-0.15, -0.1) is 0 Å². The number of imidazole rings is 1. The van der Waals surface area contributed by atoms with Gasteiger partial charge in [0.25, 0.3) is 5.69 Å². The Labute approximate surface area is 114 Å². The summed E-state index contributed by atoms with van der Waals surface area (Å²) in [6, 6.07) is 4.97. The quantitative estimate of drug-likeness (QED) is 0.625. The number of nitrogens with zero attached hydrogens (tertiary/aromatic N) is 2. The van der Waals surface area contributed by atoms with Gasteiger partial charge in [0, 0.05) is 41.7 Å². The van der Waals surface area contributed by atoms with E-state index in [1.807, 2.05) is 13.0 Å². The zero-order valence-corrected chi connectivity index (χ0v) is 11.2. The number of nitrogens with one attached hydrogen (secondary N) is 2. The van der Waals surface area contributed by atoms with Crippen molar-refractivity contribution in [3.05, 3.63) is 40.7 Å². The summed E-state index contributed by atoms with van der Waals surface area (Å²) in [4.78, 5) is 18.4. The summed E-state index contributed by atoms with van der Waals surface area (Å²) in [6.07, 6.45) is 4.33. The van der Waals surface area contributed by atoms with Gasteiger partial charge in [-0.1, -0.05) is 18.7 Å². The third-order valence-corrected chi connectivity index (χ3v) is 3.26. The molecule has 0 unspecified atom stereocenters. The minimum atomic E-state index is -0.386. The lowest BCUT2D eigenvalue weighted by Crippen LogP contribution is -2.00. The average Bonchev–Trinajstić information content (AvgIpc) is 2.89. The van der Waals surface area contributed by atoms with E-state index in [0.717, 1.165) is 23.5 Å². The van der Waals surface area contributed by atoms with Gasteiger partial charge in [0.15, 0.2) is 5.16 Å². The van der Waals surface area contributed by atoms with Crippen molar-refractivity contribution >= 4 is 23.1 Å². The van der Waals surface area contributed by atoms with Crippen LogP contribution in [0.2, 0.25) is 0 Å². The molecule has 0 aliphatic carbocycles. The molecule has 2 aromatic rings. The van der Waals surface area contributed by atoms with Gasteiger partial charge in [0.2, 0.25) is 0 Å². The monoisotopic (exact) mass is 278 g/mol.